The van der Waals surface area contributed by atoms with Crippen molar-refractivity contribution in [1.29, 1.82) is 0 Å². The van der Waals surface area contributed by atoms with E-state index >= 15 is 0 Å². The van der Waals surface area contributed by atoms with Crippen molar-refractivity contribution in [3.63, 3.8) is 0 Å². The van der Waals surface area contributed by atoms with Crippen LogP contribution in [0.1, 0.15) is 24.4 Å². The molecule has 2 amide bonds. The first kappa shape index (κ1) is 18.4. The van der Waals surface area contributed by atoms with Gasteiger partial charge in [0.15, 0.2) is 11.5 Å². The third kappa shape index (κ3) is 5.05. The lowest BCUT2D eigenvalue weighted by Crippen LogP contribution is -2.40. The molecule has 0 heterocycles. The molecule has 5 nitrogen and oxygen atoms in total. The molecule has 26 heavy (non-hydrogen) atoms. The van der Waals surface area contributed by atoms with E-state index in [1.807, 2.05) is 48.5 Å². The summed E-state index contributed by atoms with van der Waals surface area (Å²) in [5.74, 6) is 1.83. The van der Waals surface area contributed by atoms with E-state index in [4.69, 9.17) is 21.1 Å². The highest BCUT2D eigenvalue weighted by molar-refractivity contribution is 6.30. The van der Waals surface area contributed by atoms with Crippen molar-refractivity contribution in [2.45, 2.75) is 18.9 Å². The number of halogens is 1. The maximum absolute atomic E-state index is 12.2. The average molecular weight is 375 g/mol. The molecule has 3 rings (SSSR count). The summed E-state index contributed by atoms with van der Waals surface area (Å²) < 4.78 is 10.9. The highest BCUT2D eigenvalue weighted by Gasteiger charge is 2.33. The molecule has 6 heteroatoms. The lowest BCUT2D eigenvalue weighted by atomic mass is 10.0. The summed E-state index contributed by atoms with van der Waals surface area (Å²) >= 11 is 5.95. The van der Waals surface area contributed by atoms with Gasteiger partial charge in [0.1, 0.15) is 6.61 Å². The van der Waals surface area contributed by atoms with Crippen molar-refractivity contribution < 1.29 is 14.3 Å². The summed E-state index contributed by atoms with van der Waals surface area (Å²) in [7, 11) is 1.60. The van der Waals surface area contributed by atoms with Gasteiger partial charge in [-0.05, 0) is 48.6 Å². The van der Waals surface area contributed by atoms with Gasteiger partial charge in [0.2, 0.25) is 0 Å². The summed E-state index contributed by atoms with van der Waals surface area (Å²) in [5.41, 5.74) is 1.08. The molecule has 0 aliphatic heterocycles. The molecule has 1 atom stereocenters. The number of amides is 2. The number of ether oxygens (including phenoxy) is 2. The number of rotatable bonds is 8. The SMILES string of the molecule is COc1ccccc1OCCNC(=O)NC(c1ccc(Cl)cc1)C1CC1. The molecule has 138 valence electrons. The number of carbonyl (C=O) groups excluding carboxylic acids is 1. The fourth-order valence-electron chi connectivity index (χ4n) is 2.83. The number of para-hydroxylation sites is 2. The number of hydrogen-bond donors (Lipinski definition) is 2. The minimum atomic E-state index is -0.194. The molecule has 0 spiro atoms. The van der Waals surface area contributed by atoms with Gasteiger partial charge in [0.25, 0.3) is 0 Å². The van der Waals surface area contributed by atoms with Crippen molar-refractivity contribution in [3.8, 4) is 11.5 Å². The standard InChI is InChI=1S/C20H23ClN2O3/c1-25-17-4-2-3-5-18(17)26-13-12-22-20(24)23-19(14-6-7-14)15-8-10-16(21)11-9-15/h2-5,8-11,14,19H,6-7,12-13H2,1H3,(H2,22,23,24). The van der Waals surface area contributed by atoms with E-state index in [-0.39, 0.29) is 12.1 Å². The highest BCUT2D eigenvalue weighted by Crippen LogP contribution is 2.41. The summed E-state index contributed by atoms with van der Waals surface area (Å²) in [6.45, 7) is 0.769. The van der Waals surface area contributed by atoms with Crippen LogP contribution in [0, 0.1) is 5.92 Å². The number of benzene rings is 2. The van der Waals surface area contributed by atoms with E-state index in [0.29, 0.717) is 35.6 Å². The van der Waals surface area contributed by atoms with Gasteiger partial charge in [0, 0.05) is 5.02 Å². The van der Waals surface area contributed by atoms with Crippen molar-refractivity contribution in [3.05, 3.63) is 59.1 Å². The molecule has 0 aromatic heterocycles. The first-order chi connectivity index (χ1) is 12.7. The monoisotopic (exact) mass is 374 g/mol. The average Bonchev–Trinajstić information content (AvgIpc) is 3.49. The highest BCUT2D eigenvalue weighted by atomic mass is 35.5. The molecule has 1 aliphatic rings. The van der Waals surface area contributed by atoms with Crippen LogP contribution < -0.4 is 20.1 Å². The Balaban J connectivity index is 1.46. The van der Waals surface area contributed by atoms with Crippen molar-refractivity contribution >= 4 is 17.6 Å². The quantitative estimate of drug-likeness (QED) is 0.681. The van der Waals surface area contributed by atoms with Gasteiger partial charge in [0.05, 0.1) is 19.7 Å². The zero-order valence-corrected chi connectivity index (χ0v) is 15.5. The molecule has 0 saturated heterocycles. The zero-order chi connectivity index (χ0) is 18.4. The largest absolute Gasteiger partial charge is 0.493 e. The fraction of sp³-hybridized carbons (Fsp3) is 0.350. The maximum Gasteiger partial charge on any atom is 0.315 e. The smallest absolute Gasteiger partial charge is 0.315 e. The summed E-state index contributed by atoms with van der Waals surface area (Å²) in [6, 6.07) is 14.9. The predicted octanol–water partition coefficient (Wildman–Crippen LogP) is 4.18. The first-order valence-electron chi connectivity index (χ1n) is 8.73. The number of carbonyl (C=O) groups is 1. The van der Waals surface area contributed by atoms with Crippen molar-refractivity contribution in [1.82, 2.24) is 10.6 Å². The predicted molar refractivity (Wildman–Crippen MR) is 102 cm³/mol. The van der Waals surface area contributed by atoms with Crippen LogP contribution in [0.2, 0.25) is 5.02 Å². The van der Waals surface area contributed by atoms with Gasteiger partial charge in [-0.25, -0.2) is 4.79 Å². The third-order valence-electron chi connectivity index (χ3n) is 4.32. The molecule has 0 bridgehead atoms. The first-order valence-corrected chi connectivity index (χ1v) is 9.11. The van der Waals surface area contributed by atoms with Crippen LogP contribution in [0.3, 0.4) is 0 Å². The third-order valence-corrected chi connectivity index (χ3v) is 4.58. The van der Waals surface area contributed by atoms with Crippen LogP contribution in [0.5, 0.6) is 11.5 Å². The molecule has 2 aromatic rings. The number of hydrogen-bond acceptors (Lipinski definition) is 3. The Morgan fingerprint density at radius 3 is 2.50 bits per heavy atom. The van der Waals surface area contributed by atoms with Gasteiger partial charge in [-0.1, -0.05) is 35.9 Å². The second-order valence-electron chi connectivity index (χ2n) is 6.27. The molecule has 1 saturated carbocycles. The number of nitrogens with one attached hydrogen (secondary N) is 2. The molecule has 1 aliphatic carbocycles. The van der Waals surface area contributed by atoms with Gasteiger partial charge in [-0.2, -0.15) is 0 Å². The minimum Gasteiger partial charge on any atom is -0.493 e. The van der Waals surface area contributed by atoms with Crippen molar-refractivity contribution in [2.24, 2.45) is 5.92 Å². The lowest BCUT2D eigenvalue weighted by molar-refractivity contribution is 0.230. The number of methoxy groups -OCH3 is 1. The van der Waals surface area contributed by atoms with Crippen LogP contribution >= 0.6 is 11.6 Å². The van der Waals surface area contributed by atoms with Gasteiger partial charge < -0.3 is 20.1 Å². The molecule has 1 unspecified atom stereocenters. The van der Waals surface area contributed by atoms with E-state index < -0.39 is 0 Å². The molecule has 2 aromatic carbocycles. The van der Waals surface area contributed by atoms with E-state index in [1.54, 1.807) is 7.11 Å². The van der Waals surface area contributed by atoms with Crippen LogP contribution in [0.4, 0.5) is 4.79 Å². The summed E-state index contributed by atoms with van der Waals surface area (Å²) in [5, 5.41) is 6.60. The Bertz CT molecular complexity index is 732. The molecule has 2 N–H and O–H groups in total. The lowest BCUT2D eigenvalue weighted by Gasteiger charge is -2.19. The Morgan fingerprint density at radius 2 is 1.85 bits per heavy atom. The molecular formula is C20H23ClN2O3. The van der Waals surface area contributed by atoms with E-state index in [0.717, 1.165) is 18.4 Å². The fourth-order valence-corrected chi connectivity index (χ4v) is 2.95. The Labute approximate surface area is 158 Å². The normalized spacial score (nSPS) is 14.4. The van der Waals surface area contributed by atoms with E-state index in [9.17, 15) is 4.79 Å². The Hall–Kier alpha value is -2.40. The van der Waals surface area contributed by atoms with Gasteiger partial charge in [-0.3, -0.25) is 0 Å². The molecular weight excluding hydrogens is 352 g/mol. The maximum atomic E-state index is 12.2. The van der Waals surface area contributed by atoms with E-state index in [1.165, 1.54) is 0 Å². The number of urea groups is 1. The second kappa shape index (κ2) is 8.81. The second-order valence-corrected chi connectivity index (χ2v) is 6.70. The van der Waals surface area contributed by atoms with Crippen LogP contribution in [-0.4, -0.2) is 26.3 Å². The van der Waals surface area contributed by atoms with E-state index in [2.05, 4.69) is 10.6 Å². The Morgan fingerprint density at radius 1 is 1.15 bits per heavy atom. The molecule has 0 radical (unpaired) electrons. The zero-order valence-electron chi connectivity index (χ0n) is 14.7. The van der Waals surface area contributed by atoms with Crippen molar-refractivity contribution in [2.75, 3.05) is 20.3 Å². The summed E-state index contributed by atoms with van der Waals surface area (Å²) in [6.07, 6.45) is 2.26. The van der Waals surface area contributed by atoms with Gasteiger partial charge in [-0.15, -0.1) is 0 Å². The van der Waals surface area contributed by atoms with Crippen LogP contribution in [-0.2, 0) is 0 Å². The minimum absolute atomic E-state index is 0.0161. The van der Waals surface area contributed by atoms with Crippen LogP contribution in [0.15, 0.2) is 48.5 Å². The van der Waals surface area contributed by atoms with Gasteiger partial charge >= 0.3 is 6.03 Å². The Kier molecular flexibility index (Phi) is 6.23. The summed E-state index contributed by atoms with van der Waals surface area (Å²) in [4.78, 5) is 12.2. The van der Waals surface area contributed by atoms with Crippen LogP contribution in [0.25, 0.3) is 0 Å². The topological polar surface area (TPSA) is 59.6 Å². The molecule has 1 fully saturated rings.